The number of phenolic OH excluding ortho intramolecular Hbond substituents is 1. The fourth-order valence-electron chi connectivity index (χ4n) is 0.890. The third-order valence-corrected chi connectivity index (χ3v) is 1.65. The van der Waals surface area contributed by atoms with Gasteiger partial charge in [-0.1, -0.05) is 0 Å². The maximum atomic E-state index is 13.1. The summed E-state index contributed by atoms with van der Waals surface area (Å²) in [6.45, 7) is 1.60. The molecule has 0 bridgehead atoms. The van der Waals surface area contributed by atoms with E-state index in [9.17, 15) is 9.50 Å². The molecule has 0 amide bonds. The Labute approximate surface area is 80.4 Å². The smallest absolute Gasteiger partial charge is 0.168 e. The van der Waals surface area contributed by atoms with Crippen LogP contribution in [0.25, 0.3) is 0 Å². The number of nitrogens with two attached hydrogens (primary N) is 1. The van der Waals surface area contributed by atoms with Crippen LogP contribution in [0.4, 0.5) is 10.1 Å². The Kier molecular flexibility index (Phi) is 2.67. The summed E-state index contributed by atoms with van der Waals surface area (Å²) < 4.78 is 13.1. The topological polar surface area (TPSA) is 58.3 Å². The molecule has 0 atom stereocenters. The van der Waals surface area contributed by atoms with Crippen LogP contribution in [0.1, 0.15) is 5.56 Å². The van der Waals surface area contributed by atoms with E-state index in [0.29, 0.717) is 5.56 Å². The van der Waals surface area contributed by atoms with Gasteiger partial charge in [-0.15, -0.1) is 0 Å². The van der Waals surface area contributed by atoms with Crippen LogP contribution in [-0.2, 0) is 0 Å². The SMILES string of the molecule is Cc1cc(F)c(NC(N)=S)cc1O. The maximum absolute atomic E-state index is 13.1. The van der Waals surface area contributed by atoms with Gasteiger partial charge >= 0.3 is 0 Å². The van der Waals surface area contributed by atoms with Crippen molar-refractivity contribution in [2.45, 2.75) is 6.92 Å². The first-order valence-corrected chi connectivity index (χ1v) is 3.97. The Bertz CT molecular complexity index is 354. The lowest BCUT2D eigenvalue weighted by molar-refractivity contribution is 0.469. The van der Waals surface area contributed by atoms with Crippen molar-refractivity contribution in [2.75, 3.05) is 5.32 Å². The number of phenols is 1. The van der Waals surface area contributed by atoms with Crippen molar-refractivity contribution in [2.24, 2.45) is 5.73 Å². The average Bonchev–Trinajstić information content (AvgIpc) is 1.99. The first-order valence-electron chi connectivity index (χ1n) is 3.56. The highest BCUT2D eigenvalue weighted by Crippen LogP contribution is 2.24. The largest absolute Gasteiger partial charge is 0.508 e. The molecule has 0 radical (unpaired) electrons. The van der Waals surface area contributed by atoms with Crippen LogP contribution in [-0.4, -0.2) is 10.2 Å². The standard InChI is InChI=1S/C8H9FN2OS/c1-4-2-5(9)6(3-7(4)12)11-8(10)13/h2-3,12H,1H3,(H3,10,11,13). The number of aromatic hydroxyl groups is 1. The zero-order valence-corrected chi connectivity index (χ0v) is 7.78. The quantitative estimate of drug-likeness (QED) is 0.601. The Morgan fingerprint density at radius 3 is 2.77 bits per heavy atom. The number of benzene rings is 1. The predicted molar refractivity (Wildman–Crippen MR) is 53.2 cm³/mol. The van der Waals surface area contributed by atoms with Crippen molar-refractivity contribution in [1.29, 1.82) is 0 Å². The van der Waals surface area contributed by atoms with Gasteiger partial charge in [-0.25, -0.2) is 4.39 Å². The lowest BCUT2D eigenvalue weighted by atomic mass is 10.2. The number of hydrogen-bond acceptors (Lipinski definition) is 2. The average molecular weight is 200 g/mol. The van der Waals surface area contributed by atoms with Gasteiger partial charge in [0.05, 0.1) is 5.69 Å². The van der Waals surface area contributed by atoms with Gasteiger partial charge < -0.3 is 16.2 Å². The van der Waals surface area contributed by atoms with Crippen LogP contribution in [0.5, 0.6) is 5.75 Å². The molecular formula is C8H9FN2OS. The minimum Gasteiger partial charge on any atom is -0.508 e. The number of nitrogens with one attached hydrogen (secondary N) is 1. The highest BCUT2D eigenvalue weighted by Gasteiger charge is 2.06. The number of rotatable bonds is 1. The van der Waals surface area contributed by atoms with E-state index < -0.39 is 5.82 Å². The third kappa shape index (κ3) is 2.29. The van der Waals surface area contributed by atoms with Gasteiger partial charge in [0.1, 0.15) is 11.6 Å². The van der Waals surface area contributed by atoms with Crippen molar-refractivity contribution in [3.8, 4) is 5.75 Å². The van der Waals surface area contributed by atoms with E-state index in [-0.39, 0.29) is 16.5 Å². The maximum Gasteiger partial charge on any atom is 0.168 e. The van der Waals surface area contributed by atoms with E-state index in [2.05, 4.69) is 17.5 Å². The normalized spacial score (nSPS) is 9.69. The van der Waals surface area contributed by atoms with Crippen LogP contribution in [0.15, 0.2) is 12.1 Å². The molecule has 3 nitrogen and oxygen atoms in total. The molecule has 1 aromatic rings. The summed E-state index contributed by atoms with van der Waals surface area (Å²) in [6, 6.07) is 2.44. The van der Waals surface area contributed by atoms with Crippen molar-refractivity contribution in [3.63, 3.8) is 0 Å². The Hall–Kier alpha value is -1.36. The number of thiocarbonyl (C=S) groups is 1. The molecule has 70 valence electrons. The number of aryl methyl sites for hydroxylation is 1. The van der Waals surface area contributed by atoms with Gasteiger partial charge in [-0.2, -0.15) is 0 Å². The molecule has 4 N–H and O–H groups in total. The monoisotopic (exact) mass is 200 g/mol. The molecule has 5 heteroatoms. The number of anilines is 1. The summed E-state index contributed by atoms with van der Waals surface area (Å²) in [5.74, 6) is -0.497. The van der Waals surface area contributed by atoms with Gasteiger partial charge in [-0.05, 0) is 30.8 Å². The Morgan fingerprint density at radius 1 is 1.62 bits per heavy atom. The molecule has 0 saturated carbocycles. The summed E-state index contributed by atoms with van der Waals surface area (Å²) >= 11 is 4.53. The molecule has 0 aliphatic heterocycles. The number of hydrogen-bond donors (Lipinski definition) is 3. The summed E-state index contributed by atoms with van der Waals surface area (Å²) in [5, 5.41) is 11.6. The molecule has 13 heavy (non-hydrogen) atoms. The molecule has 0 aromatic heterocycles. The second-order valence-electron chi connectivity index (χ2n) is 2.61. The van der Waals surface area contributed by atoms with Crippen molar-refractivity contribution < 1.29 is 9.50 Å². The van der Waals surface area contributed by atoms with E-state index in [0.717, 1.165) is 0 Å². The molecule has 0 saturated heterocycles. The zero-order valence-electron chi connectivity index (χ0n) is 6.97. The molecule has 0 spiro atoms. The summed E-state index contributed by atoms with van der Waals surface area (Å²) in [4.78, 5) is 0. The Morgan fingerprint density at radius 2 is 2.23 bits per heavy atom. The minimum absolute atomic E-state index is 0.000139. The molecule has 0 fully saturated rings. The lowest BCUT2D eigenvalue weighted by Crippen LogP contribution is -2.19. The fraction of sp³-hybridized carbons (Fsp3) is 0.125. The van der Waals surface area contributed by atoms with E-state index in [1.54, 1.807) is 6.92 Å². The van der Waals surface area contributed by atoms with Crippen molar-refractivity contribution >= 4 is 23.0 Å². The van der Waals surface area contributed by atoms with Gasteiger partial charge in [0.15, 0.2) is 5.11 Å². The molecule has 0 unspecified atom stereocenters. The lowest BCUT2D eigenvalue weighted by Gasteiger charge is -2.07. The van der Waals surface area contributed by atoms with Crippen LogP contribution < -0.4 is 11.1 Å². The second-order valence-corrected chi connectivity index (χ2v) is 3.05. The molecule has 1 aromatic carbocycles. The van der Waals surface area contributed by atoms with E-state index in [4.69, 9.17) is 5.73 Å². The fourth-order valence-corrected chi connectivity index (χ4v) is 1.000. The minimum atomic E-state index is -0.497. The van der Waals surface area contributed by atoms with Crippen LogP contribution in [0.3, 0.4) is 0 Å². The molecule has 0 aliphatic carbocycles. The van der Waals surface area contributed by atoms with E-state index >= 15 is 0 Å². The Balaban J connectivity index is 3.08. The van der Waals surface area contributed by atoms with Gasteiger partial charge in [-0.3, -0.25) is 0 Å². The third-order valence-electron chi connectivity index (χ3n) is 1.54. The zero-order chi connectivity index (χ0) is 10.0. The van der Waals surface area contributed by atoms with Gasteiger partial charge in [0, 0.05) is 6.07 Å². The summed E-state index contributed by atoms with van der Waals surface area (Å²) in [7, 11) is 0. The highest BCUT2D eigenvalue weighted by molar-refractivity contribution is 7.80. The highest BCUT2D eigenvalue weighted by atomic mass is 32.1. The molecular weight excluding hydrogens is 191 g/mol. The van der Waals surface area contributed by atoms with E-state index in [1.165, 1.54) is 12.1 Å². The molecule has 0 aliphatic rings. The van der Waals surface area contributed by atoms with Gasteiger partial charge in [0.25, 0.3) is 0 Å². The summed E-state index contributed by atoms with van der Waals surface area (Å²) in [6.07, 6.45) is 0. The van der Waals surface area contributed by atoms with Gasteiger partial charge in [0.2, 0.25) is 0 Å². The predicted octanol–water partition coefficient (Wildman–Crippen LogP) is 1.50. The van der Waals surface area contributed by atoms with E-state index in [1.807, 2.05) is 0 Å². The van der Waals surface area contributed by atoms with Crippen molar-refractivity contribution in [1.82, 2.24) is 0 Å². The molecule has 1 rings (SSSR count). The number of halogens is 1. The van der Waals surface area contributed by atoms with Crippen LogP contribution >= 0.6 is 12.2 Å². The van der Waals surface area contributed by atoms with Crippen LogP contribution in [0, 0.1) is 12.7 Å². The first-order chi connectivity index (χ1) is 6.00. The van der Waals surface area contributed by atoms with Crippen molar-refractivity contribution in [3.05, 3.63) is 23.5 Å². The first kappa shape index (κ1) is 9.73. The summed E-state index contributed by atoms with van der Waals surface area (Å²) in [5.41, 5.74) is 5.70. The second kappa shape index (κ2) is 3.57. The molecule has 0 heterocycles. The van der Waals surface area contributed by atoms with Crippen LogP contribution in [0.2, 0.25) is 0 Å².